The predicted molar refractivity (Wildman–Crippen MR) is 74.9 cm³/mol. The Labute approximate surface area is 111 Å². The number of pyridine rings is 1. The zero-order valence-electron chi connectivity index (χ0n) is 10.3. The third kappa shape index (κ3) is 2.58. The van der Waals surface area contributed by atoms with Crippen LogP contribution in [-0.4, -0.2) is 26.5 Å². The number of thioether (sulfide) groups is 1. The van der Waals surface area contributed by atoms with Crippen molar-refractivity contribution in [3.05, 3.63) is 23.7 Å². The van der Waals surface area contributed by atoms with Crippen LogP contribution in [0.25, 0.3) is 11.2 Å². The van der Waals surface area contributed by atoms with Gasteiger partial charge in [0.05, 0.1) is 5.38 Å². The van der Waals surface area contributed by atoms with Crippen molar-refractivity contribution in [3.63, 3.8) is 0 Å². The average Bonchev–Trinajstić information content (AvgIpc) is 2.64. The summed E-state index contributed by atoms with van der Waals surface area (Å²) in [5.41, 5.74) is 3.00. The first-order valence-corrected chi connectivity index (χ1v) is 7.42. The highest BCUT2D eigenvalue weighted by molar-refractivity contribution is 7.98. The Balaban J connectivity index is 2.54. The number of imidazole rings is 1. The number of aryl methyl sites for hydroxylation is 2. The maximum absolute atomic E-state index is 6.18. The molecule has 0 aromatic carbocycles. The van der Waals surface area contributed by atoms with Crippen LogP contribution in [0, 0.1) is 6.92 Å². The number of hydrogen-bond acceptors (Lipinski definition) is 3. The van der Waals surface area contributed by atoms with Crippen LogP contribution in [0.15, 0.2) is 12.3 Å². The van der Waals surface area contributed by atoms with Crippen molar-refractivity contribution >= 4 is 34.5 Å². The van der Waals surface area contributed by atoms with Crippen LogP contribution in [0.2, 0.25) is 0 Å². The fraction of sp³-hybridized carbons (Fsp3) is 0.500. The van der Waals surface area contributed by atoms with E-state index in [2.05, 4.69) is 26.9 Å². The molecular formula is C12H16ClN3S. The molecule has 3 nitrogen and oxygen atoms in total. The van der Waals surface area contributed by atoms with E-state index in [1.165, 1.54) is 0 Å². The van der Waals surface area contributed by atoms with E-state index < -0.39 is 0 Å². The lowest BCUT2D eigenvalue weighted by Crippen LogP contribution is -2.07. The minimum atomic E-state index is -0.0913. The summed E-state index contributed by atoms with van der Waals surface area (Å²) in [6.45, 7) is 4.88. The second-order valence-corrected chi connectivity index (χ2v) is 5.73. The minimum absolute atomic E-state index is 0.0913. The van der Waals surface area contributed by atoms with Gasteiger partial charge in [0.25, 0.3) is 0 Å². The molecule has 0 spiro atoms. The second kappa shape index (κ2) is 5.27. The molecule has 0 aliphatic carbocycles. The third-order valence-electron chi connectivity index (χ3n) is 2.63. The molecule has 0 amide bonds. The number of aromatic nitrogens is 3. The summed E-state index contributed by atoms with van der Waals surface area (Å²) in [6, 6.07) is 2.06. The average molecular weight is 270 g/mol. The van der Waals surface area contributed by atoms with Gasteiger partial charge in [-0.1, -0.05) is 0 Å². The van der Waals surface area contributed by atoms with E-state index in [1.54, 1.807) is 0 Å². The SMILES string of the molecule is CSCCn1c(C(C)Cl)nc2cc(C)cnc21. The molecule has 1 atom stereocenters. The molecule has 0 aliphatic heterocycles. The smallest absolute Gasteiger partial charge is 0.160 e. The first-order chi connectivity index (χ1) is 8.13. The Kier molecular flexibility index (Phi) is 3.94. The molecule has 2 aromatic heterocycles. The largest absolute Gasteiger partial charge is 0.311 e. The standard InChI is InChI=1S/C12H16ClN3S/c1-8-6-10-12(14-7-8)16(4-5-17-3)11(15-10)9(2)13/h6-7,9H,4-5H2,1-3H3. The fourth-order valence-corrected chi connectivity index (χ4v) is 2.37. The molecule has 5 heteroatoms. The molecule has 0 fully saturated rings. The van der Waals surface area contributed by atoms with Crippen LogP contribution in [0.1, 0.15) is 23.7 Å². The molecule has 17 heavy (non-hydrogen) atoms. The van der Waals surface area contributed by atoms with Crippen LogP contribution in [0.3, 0.4) is 0 Å². The lowest BCUT2D eigenvalue weighted by molar-refractivity contribution is 0.717. The molecule has 92 valence electrons. The normalized spacial score (nSPS) is 13.2. The van der Waals surface area contributed by atoms with E-state index in [-0.39, 0.29) is 5.38 Å². The maximum atomic E-state index is 6.18. The zero-order valence-corrected chi connectivity index (χ0v) is 11.8. The zero-order chi connectivity index (χ0) is 12.4. The molecule has 2 aromatic rings. The lowest BCUT2D eigenvalue weighted by atomic mass is 10.3. The van der Waals surface area contributed by atoms with E-state index in [1.807, 2.05) is 31.8 Å². The van der Waals surface area contributed by atoms with Crippen molar-refractivity contribution in [2.24, 2.45) is 0 Å². The second-order valence-electron chi connectivity index (χ2n) is 4.09. The first kappa shape index (κ1) is 12.7. The van der Waals surface area contributed by atoms with Gasteiger partial charge in [0.15, 0.2) is 5.65 Å². The Morgan fingerprint density at radius 2 is 2.29 bits per heavy atom. The molecule has 0 saturated heterocycles. The van der Waals surface area contributed by atoms with Crippen molar-refractivity contribution in [3.8, 4) is 0 Å². The maximum Gasteiger partial charge on any atom is 0.160 e. The van der Waals surface area contributed by atoms with Crippen molar-refractivity contribution < 1.29 is 0 Å². The van der Waals surface area contributed by atoms with Crippen molar-refractivity contribution in [1.82, 2.24) is 14.5 Å². The van der Waals surface area contributed by atoms with Gasteiger partial charge < -0.3 is 4.57 Å². The van der Waals surface area contributed by atoms with Gasteiger partial charge in [-0.25, -0.2) is 9.97 Å². The molecular weight excluding hydrogens is 254 g/mol. The van der Waals surface area contributed by atoms with Gasteiger partial charge in [-0.3, -0.25) is 0 Å². The van der Waals surface area contributed by atoms with Gasteiger partial charge in [-0.05, 0) is 31.7 Å². The molecule has 0 bridgehead atoms. The molecule has 2 heterocycles. The highest BCUT2D eigenvalue weighted by atomic mass is 35.5. The van der Waals surface area contributed by atoms with Gasteiger partial charge in [0.2, 0.25) is 0 Å². The van der Waals surface area contributed by atoms with Gasteiger partial charge in [0, 0.05) is 18.5 Å². The van der Waals surface area contributed by atoms with Gasteiger partial charge in [0.1, 0.15) is 11.3 Å². The summed E-state index contributed by atoms with van der Waals surface area (Å²) in [4.78, 5) is 9.05. The fourth-order valence-electron chi connectivity index (χ4n) is 1.84. The summed E-state index contributed by atoms with van der Waals surface area (Å²) in [6.07, 6.45) is 3.97. The summed E-state index contributed by atoms with van der Waals surface area (Å²) >= 11 is 7.99. The van der Waals surface area contributed by atoms with Crippen LogP contribution < -0.4 is 0 Å². The highest BCUT2D eigenvalue weighted by Gasteiger charge is 2.15. The van der Waals surface area contributed by atoms with Crippen LogP contribution in [0.5, 0.6) is 0 Å². The quantitative estimate of drug-likeness (QED) is 0.797. The predicted octanol–water partition coefficient (Wildman–Crippen LogP) is 3.40. The molecule has 1 unspecified atom stereocenters. The van der Waals surface area contributed by atoms with Crippen LogP contribution in [-0.2, 0) is 6.54 Å². The molecule has 2 rings (SSSR count). The van der Waals surface area contributed by atoms with E-state index in [0.717, 1.165) is 34.8 Å². The monoisotopic (exact) mass is 269 g/mol. The number of nitrogens with zero attached hydrogens (tertiary/aromatic N) is 3. The number of halogens is 1. The molecule has 0 N–H and O–H groups in total. The number of alkyl halides is 1. The first-order valence-electron chi connectivity index (χ1n) is 5.59. The van der Waals surface area contributed by atoms with Crippen molar-refractivity contribution in [2.45, 2.75) is 25.8 Å². The summed E-state index contributed by atoms with van der Waals surface area (Å²) < 4.78 is 2.13. The Morgan fingerprint density at radius 1 is 1.53 bits per heavy atom. The number of fused-ring (bicyclic) bond motifs is 1. The molecule has 0 saturated carbocycles. The van der Waals surface area contributed by atoms with E-state index in [9.17, 15) is 0 Å². The highest BCUT2D eigenvalue weighted by Crippen LogP contribution is 2.24. The molecule has 0 radical (unpaired) electrons. The topological polar surface area (TPSA) is 30.7 Å². The van der Waals surface area contributed by atoms with Crippen molar-refractivity contribution in [2.75, 3.05) is 12.0 Å². The Hall–Kier alpha value is -0.740. The van der Waals surface area contributed by atoms with E-state index in [0.29, 0.717) is 0 Å². The van der Waals surface area contributed by atoms with Gasteiger partial charge in [-0.15, -0.1) is 11.6 Å². The summed E-state index contributed by atoms with van der Waals surface area (Å²) in [5, 5.41) is -0.0913. The van der Waals surface area contributed by atoms with Gasteiger partial charge >= 0.3 is 0 Å². The Bertz CT molecular complexity index is 522. The third-order valence-corrected chi connectivity index (χ3v) is 3.41. The van der Waals surface area contributed by atoms with Crippen molar-refractivity contribution in [1.29, 1.82) is 0 Å². The number of hydrogen-bond donors (Lipinski definition) is 0. The Morgan fingerprint density at radius 3 is 2.94 bits per heavy atom. The molecule has 0 aliphatic rings. The van der Waals surface area contributed by atoms with E-state index >= 15 is 0 Å². The van der Waals surface area contributed by atoms with Gasteiger partial charge in [-0.2, -0.15) is 11.8 Å². The van der Waals surface area contributed by atoms with Crippen LogP contribution in [0.4, 0.5) is 0 Å². The number of rotatable bonds is 4. The summed E-state index contributed by atoms with van der Waals surface area (Å²) in [7, 11) is 0. The van der Waals surface area contributed by atoms with E-state index in [4.69, 9.17) is 11.6 Å². The van der Waals surface area contributed by atoms with Crippen LogP contribution >= 0.6 is 23.4 Å². The minimum Gasteiger partial charge on any atom is -0.311 e. The lowest BCUT2D eigenvalue weighted by Gasteiger charge is -2.08. The summed E-state index contributed by atoms with van der Waals surface area (Å²) in [5.74, 6) is 1.95.